The number of benzene rings is 5. The van der Waals surface area contributed by atoms with Gasteiger partial charge in [0.25, 0.3) is 11.8 Å². The number of ether oxygens (including phenoxy) is 1. The van der Waals surface area contributed by atoms with Crippen molar-refractivity contribution in [2.45, 2.75) is 17.1 Å². The molecule has 5 rings (SSSR count). The molecule has 0 saturated carbocycles. The Kier molecular flexibility index (Phi) is 11.0. The second kappa shape index (κ2) is 15.9. The Hall–Kier alpha value is -5.60. The van der Waals surface area contributed by atoms with Crippen LogP contribution in [0.3, 0.4) is 0 Å². The second-order valence-electron chi connectivity index (χ2n) is 10.1. The van der Waals surface area contributed by atoms with Crippen molar-refractivity contribution in [1.29, 1.82) is 0 Å². The molecule has 0 aliphatic carbocycles. The highest BCUT2D eigenvalue weighted by Gasteiger charge is 2.23. The Morgan fingerprint density at radius 2 is 1.33 bits per heavy atom. The van der Waals surface area contributed by atoms with Crippen molar-refractivity contribution in [3.63, 3.8) is 0 Å². The van der Waals surface area contributed by atoms with Crippen molar-refractivity contribution < 1.29 is 19.1 Å². The summed E-state index contributed by atoms with van der Waals surface area (Å²) < 4.78 is 5.70. The maximum Gasteiger partial charge on any atom is 0.272 e. The lowest BCUT2D eigenvalue weighted by molar-refractivity contribution is -0.116. The highest BCUT2D eigenvalue weighted by Crippen LogP contribution is 2.37. The summed E-state index contributed by atoms with van der Waals surface area (Å²) in [7, 11) is 0. The number of thioether (sulfide) groups is 1. The van der Waals surface area contributed by atoms with Gasteiger partial charge >= 0.3 is 0 Å². The van der Waals surface area contributed by atoms with Gasteiger partial charge < -0.3 is 20.7 Å². The monoisotopic (exact) mass is 627 g/mol. The minimum absolute atomic E-state index is 0.103. The molecule has 1 atom stereocenters. The molecule has 230 valence electrons. The molecule has 0 spiro atoms. The van der Waals surface area contributed by atoms with Crippen molar-refractivity contribution in [2.75, 3.05) is 17.2 Å². The molecule has 5 aromatic rings. The summed E-state index contributed by atoms with van der Waals surface area (Å²) in [5.74, 6) is -0.441. The van der Waals surface area contributed by atoms with E-state index in [1.807, 2.05) is 110 Å². The lowest BCUT2D eigenvalue weighted by Crippen LogP contribution is -2.30. The van der Waals surface area contributed by atoms with Crippen LogP contribution in [0, 0.1) is 0 Å². The standard InChI is InChI=1S/C38H33N3O4S/c1-2-45-34-21-13-12-20-32(34)40-38(44)35(28-16-8-4-9-17-28)46-31-24-22-30(23-25-31)39-37(43)33(26-27-14-6-3-7-15-27)41-36(42)29-18-10-5-11-19-29/h3-26,35H,2H2,1H3,(H,39,43)(H,40,44)(H,41,42)/b33-26-. The molecule has 0 radical (unpaired) electrons. The molecule has 3 amide bonds. The van der Waals surface area contributed by atoms with E-state index in [1.165, 1.54) is 11.8 Å². The quantitative estimate of drug-likeness (QED) is 0.0963. The molecule has 0 bridgehead atoms. The second-order valence-corrected chi connectivity index (χ2v) is 11.3. The maximum atomic E-state index is 13.6. The van der Waals surface area contributed by atoms with Gasteiger partial charge in [-0.25, -0.2) is 0 Å². The Bertz CT molecular complexity index is 1800. The van der Waals surface area contributed by atoms with Gasteiger partial charge in [0.1, 0.15) is 16.7 Å². The van der Waals surface area contributed by atoms with Crippen LogP contribution in [0.15, 0.2) is 150 Å². The minimum atomic E-state index is -0.551. The van der Waals surface area contributed by atoms with Gasteiger partial charge in [0.05, 0.1) is 12.3 Å². The van der Waals surface area contributed by atoms with Crippen LogP contribution in [0.25, 0.3) is 6.08 Å². The number of amides is 3. The van der Waals surface area contributed by atoms with Crippen LogP contribution >= 0.6 is 11.8 Å². The fraction of sp³-hybridized carbons (Fsp3) is 0.0789. The SMILES string of the molecule is CCOc1ccccc1NC(=O)C(Sc1ccc(NC(=O)/C(=C/c2ccccc2)NC(=O)c2ccccc2)cc1)c1ccccc1. The van der Waals surface area contributed by atoms with E-state index in [0.29, 0.717) is 29.3 Å². The van der Waals surface area contributed by atoms with Crippen molar-refractivity contribution in [3.05, 3.63) is 162 Å². The number of carbonyl (C=O) groups excluding carboxylic acids is 3. The van der Waals surface area contributed by atoms with E-state index in [2.05, 4.69) is 16.0 Å². The predicted molar refractivity (Wildman–Crippen MR) is 185 cm³/mol. The smallest absolute Gasteiger partial charge is 0.272 e. The zero-order valence-corrected chi connectivity index (χ0v) is 26.0. The Morgan fingerprint density at radius 3 is 2.00 bits per heavy atom. The third kappa shape index (κ3) is 8.74. The number of para-hydroxylation sites is 2. The van der Waals surface area contributed by atoms with Crippen LogP contribution < -0.4 is 20.7 Å². The molecule has 0 saturated heterocycles. The molecule has 0 heterocycles. The molecular weight excluding hydrogens is 595 g/mol. The van der Waals surface area contributed by atoms with E-state index in [9.17, 15) is 14.4 Å². The van der Waals surface area contributed by atoms with Crippen LogP contribution in [-0.4, -0.2) is 24.3 Å². The van der Waals surface area contributed by atoms with Crippen LogP contribution in [0.4, 0.5) is 11.4 Å². The van der Waals surface area contributed by atoms with E-state index >= 15 is 0 Å². The zero-order valence-electron chi connectivity index (χ0n) is 25.2. The van der Waals surface area contributed by atoms with E-state index in [4.69, 9.17) is 4.74 Å². The lowest BCUT2D eigenvalue weighted by atomic mass is 10.1. The van der Waals surface area contributed by atoms with Crippen LogP contribution in [0.1, 0.15) is 33.7 Å². The minimum Gasteiger partial charge on any atom is -0.492 e. The molecule has 46 heavy (non-hydrogen) atoms. The summed E-state index contributed by atoms with van der Waals surface area (Å²) in [5, 5.41) is 8.11. The summed E-state index contributed by atoms with van der Waals surface area (Å²) in [5.41, 5.74) is 3.30. The van der Waals surface area contributed by atoms with Gasteiger partial charge in [-0.2, -0.15) is 0 Å². The first-order valence-corrected chi connectivity index (χ1v) is 15.7. The Labute approximate surface area is 272 Å². The molecule has 0 aromatic heterocycles. The molecule has 5 aromatic carbocycles. The average molecular weight is 628 g/mol. The summed E-state index contributed by atoms with van der Waals surface area (Å²) >= 11 is 1.40. The normalized spacial score (nSPS) is 11.6. The average Bonchev–Trinajstić information content (AvgIpc) is 3.09. The number of nitrogens with one attached hydrogen (secondary N) is 3. The number of rotatable bonds is 12. The fourth-order valence-corrected chi connectivity index (χ4v) is 5.58. The van der Waals surface area contributed by atoms with Crippen molar-refractivity contribution in [1.82, 2.24) is 5.32 Å². The van der Waals surface area contributed by atoms with Gasteiger partial charge in [-0.15, -0.1) is 11.8 Å². The van der Waals surface area contributed by atoms with Gasteiger partial charge in [0.2, 0.25) is 5.91 Å². The van der Waals surface area contributed by atoms with E-state index < -0.39 is 17.1 Å². The molecule has 8 heteroatoms. The molecule has 0 aliphatic rings. The molecule has 7 nitrogen and oxygen atoms in total. The van der Waals surface area contributed by atoms with Gasteiger partial charge in [-0.05, 0) is 72.7 Å². The lowest BCUT2D eigenvalue weighted by Gasteiger charge is -2.19. The van der Waals surface area contributed by atoms with Crippen molar-refractivity contribution >= 4 is 46.9 Å². The topological polar surface area (TPSA) is 96.5 Å². The summed E-state index contributed by atoms with van der Waals surface area (Å²) in [6.07, 6.45) is 1.63. The first-order chi connectivity index (χ1) is 22.5. The maximum absolute atomic E-state index is 13.6. The number of hydrogen-bond acceptors (Lipinski definition) is 5. The zero-order chi connectivity index (χ0) is 32.1. The third-order valence-electron chi connectivity index (χ3n) is 6.79. The highest BCUT2D eigenvalue weighted by molar-refractivity contribution is 8.00. The number of carbonyl (C=O) groups is 3. The van der Waals surface area contributed by atoms with Crippen LogP contribution in [0.5, 0.6) is 5.75 Å². The molecule has 0 fully saturated rings. The van der Waals surface area contributed by atoms with Crippen molar-refractivity contribution in [3.8, 4) is 5.75 Å². The predicted octanol–water partition coefficient (Wildman–Crippen LogP) is 7.97. The van der Waals surface area contributed by atoms with E-state index in [-0.39, 0.29) is 11.6 Å². The van der Waals surface area contributed by atoms with Crippen LogP contribution in [-0.2, 0) is 9.59 Å². The summed E-state index contributed by atoms with van der Waals surface area (Å²) in [6.45, 7) is 2.38. The summed E-state index contributed by atoms with van der Waals surface area (Å²) in [6, 6.07) is 42.2. The third-order valence-corrected chi connectivity index (χ3v) is 8.06. The van der Waals surface area contributed by atoms with E-state index in [1.54, 1.807) is 42.5 Å². The fourth-order valence-electron chi connectivity index (χ4n) is 4.56. The molecule has 3 N–H and O–H groups in total. The Morgan fingerprint density at radius 1 is 0.717 bits per heavy atom. The van der Waals surface area contributed by atoms with Gasteiger partial charge in [0.15, 0.2) is 0 Å². The van der Waals surface area contributed by atoms with Crippen LogP contribution in [0.2, 0.25) is 0 Å². The van der Waals surface area contributed by atoms with Gasteiger partial charge in [-0.1, -0.05) is 91.0 Å². The number of hydrogen-bond donors (Lipinski definition) is 3. The Balaban J connectivity index is 1.32. The molecular formula is C38H33N3O4S. The van der Waals surface area contributed by atoms with E-state index in [0.717, 1.165) is 16.0 Å². The summed E-state index contributed by atoms with van der Waals surface area (Å²) in [4.78, 5) is 40.8. The van der Waals surface area contributed by atoms with Gasteiger partial charge in [0, 0.05) is 16.1 Å². The first kappa shape index (κ1) is 31.8. The molecule has 1 unspecified atom stereocenters. The van der Waals surface area contributed by atoms with Gasteiger partial charge in [-0.3, -0.25) is 14.4 Å². The first-order valence-electron chi connectivity index (χ1n) is 14.8. The van der Waals surface area contributed by atoms with Crippen molar-refractivity contribution in [2.24, 2.45) is 0 Å². The largest absolute Gasteiger partial charge is 0.492 e. The molecule has 0 aliphatic heterocycles. The number of anilines is 2. The highest BCUT2D eigenvalue weighted by atomic mass is 32.2.